The van der Waals surface area contributed by atoms with Crippen LogP contribution in [0.2, 0.25) is 0 Å². The van der Waals surface area contributed by atoms with Gasteiger partial charge in [-0.05, 0) is 70.1 Å². The minimum Gasteiger partial charge on any atom is -0.455 e. The van der Waals surface area contributed by atoms with Gasteiger partial charge >= 0.3 is 0 Å². The highest BCUT2D eigenvalue weighted by Crippen LogP contribution is 2.44. The van der Waals surface area contributed by atoms with Crippen molar-refractivity contribution in [2.75, 3.05) is 0 Å². The lowest BCUT2D eigenvalue weighted by Gasteiger charge is -2.13. The smallest absolute Gasteiger partial charge is 0.167 e. The summed E-state index contributed by atoms with van der Waals surface area (Å²) in [7, 11) is 0. The molecule has 0 bridgehead atoms. The number of aromatic nitrogens is 4. The number of hydrogen-bond donors (Lipinski definition) is 0. The average Bonchev–Trinajstić information content (AvgIpc) is 3.97. The number of para-hydroxylation sites is 2. The lowest BCUT2D eigenvalue weighted by Crippen LogP contribution is -2.02. The number of benzene rings is 9. The number of furan rings is 1. The van der Waals surface area contributed by atoms with Crippen molar-refractivity contribution in [3.8, 4) is 39.9 Å². The fourth-order valence-electron chi connectivity index (χ4n) is 9.17. The molecule has 0 N–H and O–H groups in total. The Morgan fingerprint density at radius 1 is 0.407 bits per heavy atom. The molecule has 59 heavy (non-hydrogen) atoms. The second-order valence-electron chi connectivity index (χ2n) is 15.1. The first-order chi connectivity index (χ1) is 29.2. The zero-order chi connectivity index (χ0) is 38.6. The highest BCUT2D eigenvalue weighted by molar-refractivity contribution is 7.26. The third-order valence-electron chi connectivity index (χ3n) is 11.8. The standard InChI is InChI=1S/C53H30N4OS/c1-2-15-33-30-45-42(29-32(33)14-1)35-18-5-8-24-43(35)57(45)44-28-27-40(49-48(44)39-20-6-9-25-46(39)58-49)52-54-51(38-22-11-16-31-13-3-4-17-34(31)38)55-53(56-52)41-23-12-21-37-36-19-7-10-26-47(36)59-50(37)41/h1-30H. The van der Waals surface area contributed by atoms with E-state index in [9.17, 15) is 0 Å². The van der Waals surface area contributed by atoms with E-state index >= 15 is 0 Å². The monoisotopic (exact) mass is 770 g/mol. The molecular weight excluding hydrogens is 741 g/mol. The maximum absolute atomic E-state index is 6.93. The molecule has 274 valence electrons. The van der Waals surface area contributed by atoms with Gasteiger partial charge in [0, 0.05) is 47.5 Å². The Balaban J connectivity index is 1.12. The molecule has 5 nitrogen and oxygen atoms in total. The van der Waals surface area contributed by atoms with Crippen LogP contribution in [0.3, 0.4) is 0 Å². The molecule has 9 aromatic carbocycles. The minimum atomic E-state index is 0.555. The molecule has 0 aliphatic rings. The van der Waals surface area contributed by atoms with Crippen molar-refractivity contribution in [2.45, 2.75) is 0 Å². The molecule has 4 heterocycles. The number of nitrogens with zero attached hydrogens (tertiary/aromatic N) is 4. The van der Waals surface area contributed by atoms with Gasteiger partial charge in [-0.3, -0.25) is 0 Å². The summed E-state index contributed by atoms with van der Waals surface area (Å²) >= 11 is 1.78. The van der Waals surface area contributed by atoms with Crippen LogP contribution < -0.4 is 0 Å². The molecule has 13 aromatic rings. The predicted octanol–water partition coefficient (Wildman–Crippen LogP) is 14.5. The van der Waals surface area contributed by atoms with Gasteiger partial charge in [0.05, 0.1) is 27.7 Å². The Kier molecular flexibility index (Phi) is 6.82. The van der Waals surface area contributed by atoms with Gasteiger partial charge in [0.1, 0.15) is 11.2 Å². The van der Waals surface area contributed by atoms with Crippen LogP contribution in [0.15, 0.2) is 186 Å². The van der Waals surface area contributed by atoms with E-state index in [0.29, 0.717) is 17.5 Å². The summed E-state index contributed by atoms with van der Waals surface area (Å²) < 4.78 is 11.7. The fourth-order valence-corrected chi connectivity index (χ4v) is 10.4. The highest BCUT2D eigenvalue weighted by Gasteiger charge is 2.24. The number of hydrogen-bond acceptors (Lipinski definition) is 5. The number of fused-ring (bicyclic) bond motifs is 11. The van der Waals surface area contributed by atoms with Gasteiger partial charge in [0.2, 0.25) is 0 Å². The van der Waals surface area contributed by atoms with Crippen LogP contribution >= 0.6 is 11.3 Å². The largest absolute Gasteiger partial charge is 0.455 e. The minimum absolute atomic E-state index is 0.555. The summed E-state index contributed by atoms with van der Waals surface area (Å²) in [6.07, 6.45) is 0. The fraction of sp³-hybridized carbons (Fsp3) is 0. The molecule has 0 saturated carbocycles. The normalized spacial score (nSPS) is 12.1. The lowest BCUT2D eigenvalue weighted by molar-refractivity contribution is 0.669. The van der Waals surface area contributed by atoms with E-state index in [-0.39, 0.29) is 0 Å². The van der Waals surface area contributed by atoms with E-state index in [2.05, 4.69) is 174 Å². The summed E-state index contributed by atoms with van der Waals surface area (Å²) in [5, 5.41) is 11.5. The average molecular weight is 771 g/mol. The summed E-state index contributed by atoms with van der Waals surface area (Å²) in [5.74, 6) is 1.79. The molecule has 0 aliphatic carbocycles. The molecule has 4 aromatic heterocycles. The zero-order valence-corrected chi connectivity index (χ0v) is 32.2. The van der Waals surface area contributed by atoms with Crippen LogP contribution in [-0.4, -0.2) is 19.5 Å². The van der Waals surface area contributed by atoms with E-state index in [1.165, 1.54) is 37.0 Å². The van der Waals surface area contributed by atoms with Gasteiger partial charge in [0.15, 0.2) is 17.5 Å². The van der Waals surface area contributed by atoms with Crippen LogP contribution in [0.1, 0.15) is 0 Å². The highest BCUT2D eigenvalue weighted by atomic mass is 32.1. The summed E-state index contributed by atoms with van der Waals surface area (Å²) in [6.45, 7) is 0. The Hall–Kier alpha value is -7.67. The first kappa shape index (κ1) is 32.4. The van der Waals surface area contributed by atoms with Crippen molar-refractivity contribution in [1.29, 1.82) is 0 Å². The number of rotatable bonds is 4. The van der Waals surface area contributed by atoms with Crippen molar-refractivity contribution in [1.82, 2.24) is 19.5 Å². The molecule has 0 amide bonds. The first-order valence-corrected chi connectivity index (χ1v) is 20.6. The first-order valence-electron chi connectivity index (χ1n) is 19.8. The molecule has 0 radical (unpaired) electrons. The maximum atomic E-state index is 6.93. The van der Waals surface area contributed by atoms with Gasteiger partial charge in [-0.2, -0.15) is 0 Å². The maximum Gasteiger partial charge on any atom is 0.167 e. The third kappa shape index (κ3) is 4.81. The van der Waals surface area contributed by atoms with Crippen LogP contribution in [0.5, 0.6) is 0 Å². The molecule has 0 aliphatic heterocycles. The van der Waals surface area contributed by atoms with Crippen LogP contribution in [0.25, 0.3) is 125 Å². The molecule has 6 heteroatoms. The van der Waals surface area contributed by atoms with Gasteiger partial charge in [0.25, 0.3) is 0 Å². The molecule has 0 unspecified atom stereocenters. The Morgan fingerprint density at radius 3 is 1.88 bits per heavy atom. The second kappa shape index (κ2) is 12.4. The predicted molar refractivity (Wildman–Crippen MR) is 246 cm³/mol. The zero-order valence-electron chi connectivity index (χ0n) is 31.4. The van der Waals surface area contributed by atoms with E-state index in [1.807, 2.05) is 12.1 Å². The van der Waals surface area contributed by atoms with Gasteiger partial charge in [-0.1, -0.05) is 133 Å². The Labute approximate surface area is 341 Å². The molecule has 0 fully saturated rings. The van der Waals surface area contributed by atoms with Crippen molar-refractivity contribution in [3.63, 3.8) is 0 Å². The van der Waals surface area contributed by atoms with E-state index in [1.54, 1.807) is 11.3 Å². The molecule has 13 rings (SSSR count). The van der Waals surface area contributed by atoms with Gasteiger partial charge in [-0.15, -0.1) is 11.3 Å². The van der Waals surface area contributed by atoms with Crippen LogP contribution in [-0.2, 0) is 0 Å². The summed E-state index contributed by atoms with van der Waals surface area (Å²) in [4.78, 5) is 16.0. The number of thiophene rings is 1. The topological polar surface area (TPSA) is 56.7 Å². The SMILES string of the molecule is c1ccc2cc3c(cc2c1)c1ccccc1n3-c1ccc(-c2nc(-c3cccc4ccccc34)nc(-c3cccc4c3sc3ccccc34)n2)c2oc3ccccc3c12. The van der Waals surface area contributed by atoms with Crippen molar-refractivity contribution >= 4 is 96.8 Å². The van der Waals surface area contributed by atoms with Gasteiger partial charge in [-0.25, -0.2) is 15.0 Å². The third-order valence-corrected chi connectivity index (χ3v) is 13.1. The van der Waals surface area contributed by atoms with E-state index < -0.39 is 0 Å². The summed E-state index contributed by atoms with van der Waals surface area (Å²) in [5.41, 5.74) is 7.58. The Morgan fingerprint density at radius 2 is 1.02 bits per heavy atom. The Bertz CT molecular complexity index is 3870. The van der Waals surface area contributed by atoms with Crippen molar-refractivity contribution in [2.24, 2.45) is 0 Å². The van der Waals surface area contributed by atoms with E-state index in [0.717, 1.165) is 70.8 Å². The van der Waals surface area contributed by atoms with Crippen LogP contribution in [0, 0.1) is 0 Å². The second-order valence-corrected chi connectivity index (χ2v) is 16.2. The van der Waals surface area contributed by atoms with E-state index in [4.69, 9.17) is 19.4 Å². The molecule has 0 saturated heterocycles. The molecular formula is C53H30N4OS. The summed E-state index contributed by atoms with van der Waals surface area (Å²) in [6, 6.07) is 64.3. The van der Waals surface area contributed by atoms with Gasteiger partial charge < -0.3 is 8.98 Å². The molecule has 0 atom stereocenters. The molecule has 0 spiro atoms. The quantitative estimate of drug-likeness (QED) is 0.179. The van der Waals surface area contributed by atoms with Crippen LogP contribution in [0.4, 0.5) is 0 Å². The van der Waals surface area contributed by atoms with Crippen molar-refractivity contribution < 1.29 is 4.42 Å². The van der Waals surface area contributed by atoms with Crippen molar-refractivity contribution in [3.05, 3.63) is 182 Å². The lowest BCUT2D eigenvalue weighted by atomic mass is 10.0.